The molecule has 31 heavy (non-hydrogen) atoms. The first kappa shape index (κ1) is 19.7. The van der Waals surface area contributed by atoms with E-state index in [0.717, 1.165) is 45.9 Å². The van der Waals surface area contributed by atoms with Crippen LogP contribution in [-0.2, 0) is 4.79 Å². The van der Waals surface area contributed by atoms with Crippen LogP contribution in [0.4, 0.5) is 11.4 Å². The SMILES string of the molecule is COc1ccc([C@H]2Nc3ccccc3NC3=C2C(=O)C[C@@H](c2ccc(Cl)cc2)C3)cc1. The minimum absolute atomic E-state index is 0.123. The molecule has 0 spiro atoms. The third-order valence-electron chi connectivity index (χ3n) is 6.10. The highest BCUT2D eigenvalue weighted by molar-refractivity contribution is 6.30. The first-order valence-corrected chi connectivity index (χ1v) is 10.8. The Morgan fingerprint density at radius 1 is 0.871 bits per heavy atom. The van der Waals surface area contributed by atoms with E-state index in [-0.39, 0.29) is 17.7 Å². The minimum atomic E-state index is -0.226. The molecule has 5 heteroatoms. The Balaban J connectivity index is 1.58. The minimum Gasteiger partial charge on any atom is -0.497 e. The van der Waals surface area contributed by atoms with Gasteiger partial charge in [-0.25, -0.2) is 0 Å². The van der Waals surface area contributed by atoms with E-state index in [1.54, 1.807) is 7.11 Å². The van der Waals surface area contributed by atoms with Crippen LogP contribution >= 0.6 is 11.6 Å². The number of anilines is 2. The maximum Gasteiger partial charge on any atom is 0.163 e. The fourth-order valence-electron chi connectivity index (χ4n) is 4.51. The van der Waals surface area contributed by atoms with Crippen LogP contribution in [0.25, 0.3) is 0 Å². The molecular formula is C26H23ClN2O2. The fourth-order valence-corrected chi connectivity index (χ4v) is 4.64. The smallest absolute Gasteiger partial charge is 0.163 e. The van der Waals surface area contributed by atoms with Gasteiger partial charge in [-0.3, -0.25) is 4.79 Å². The molecule has 3 aromatic carbocycles. The van der Waals surface area contributed by atoms with Gasteiger partial charge in [-0.2, -0.15) is 0 Å². The van der Waals surface area contributed by atoms with Crippen molar-refractivity contribution in [2.45, 2.75) is 24.8 Å². The van der Waals surface area contributed by atoms with Crippen molar-refractivity contribution in [3.8, 4) is 5.75 Å². The number of benzene rings is 3. The van der Waals surface area contributed by atoms with Gasteiger partial charge in [-0.1, -0.05) is 48.0 Å². The molecule has 0 unspecified atom stereocenters. The van der Waals surface area contributed by atoms with Gasteiger partial charge >= 0.3 is 0 Å². The van der Waals surface area contributed by atoms with E-state index in [1.807, 2.05) is 72.8 Å². The van der Waals surface area contributed by atoms with Crippen LogP contribution in [0.15, 0.2) is 84.1 Å². The van der Waals surface area contributed by atoms with E-state index in [0.29, 0.717) is 11.4 Å². The molecule has 5 rings (SSSR count). The molecule has 0 saturated heterocycles. The summed E-state index contributed by atoms with van der Waals surface area (Å²) in [5.41, 5.74) is 5.92. The molecule has 0 amide bonds. The number of ether oxygens (including phenoxy) is 1. The zero-order chi connectivity index (χ0) is 21.4. The third-order valence-corrected chi connectivity index (χ3v) is 6.35. The number of Topliss-reactive ketones (excluding diaryl/α,β-unsaturated/α-hetero) is 1. The molecule has 0 aromatic heterocycles. The molecule has 0 radical (unpaired) electrons. The maximum atomic E-state index is 13.5. The summed E-state index contributed by atoms with van der Waals surface area (Å²) in [7, 11) is 1.65. The Morgan fingerprint density at radius 2 is 1.55 bits per heavy atom. The van der Waals surface area contributed by atoms with Crippen molar-refractivity contribution in [1.82, 2.24) is 0 Å². The number of para-hydroxylation sites is 2. The van der Waals surface area contributed by atoms with Crippen LogP contribution in [0, 0.1) is 0 Å². The number of carbonyl (C=O) groups is 1. The Bertz CT molecular complexity index is 1150. The van der Waals surface area contributed by atoms with Crippen LogP contribution in [-0.4, -0.2) is 12.9 Å². The average Bonchev–Trinajstić information content (AvgIpc) is 2.96. The second kappa shape index (κ2) is 8.12. The summed E-state index contributed by atoms with van der Waals surface area (Å²) in [5, 5.41) is 7.88. The molecule has 2 aliphatic rings. The summed E-state index contributed by atoms with van der Waals surface area (Å²) in [6.45, 7) is 0. The van der Waals surface area contributed by atoms with Crippen LogP contribution in [0.2, 0.25) is 5.02 Å². The van der Waals surface area contributed by atoms with Crippen molar-refractivity contribution >= 4 is 28.8 Å². The van der Waals surface area contributed by atoms with Gasteiger partial charge in [0.25, 0.3) is 0 Å². The third kappa shape index (κ3) is 3.79. The summed E-state index contributed by atoms with van der Waals surface area (Å²) in [6, 6.07) is 23.6. The number of halogens is 1. The van der Waals surface area contributed by atoms with Crippen LogP contribution in [0.3, 0.4) is 0 Å². The van der Waals surface area contributed by atoms with Gasteiger partial charge < -0.3 is 15.4 Å². The summed E-state index contributed by atoms with van der Waals surface area (Å²) >= 11 is 6.07. The maximum absolute atomic E-state index is 13.5. The monoisotopic (exact) mass is 430 g/mol. The van der Waals surface area contributed by atoms with E-state index in [4.69, 9.17) is 16.3 Å². The summed E-state index contributed by atoms with van der Waals surface area (Å²) in [6.07, 6.45) is 1.25. The normalized spacial score (nSPS) is 20.1. The lowest BCUT2D eigenvalue weighted by Gasteiger charge is -2.30. The molecule has 1 aliphatic carbocycles. The van der Waals surface area contributed by atoms with Crippen molar-refractivity contribution in [1.29, 1.82) is 0 Å². The molecule has 0 bridgehead atoms. The zero-order valence-electron chi connectivity index (χ0n) is 17.2. The van der Waals surface area contributed by atoms with Crippen molar-refractivity contribution in [2.75, 3.05) is 17.7 Å². The largest absolute Gasteiger partial charge is 0.497 e. The number of nitrogens with one attached hydrogen (secondary N) is 2. The van der Waals surface area contributed by atoms with Crippen LogP contribution < -0.4 is 15.4 Å². The predicted octanol–water partition coefficient (Wildman–Crippen LogP) is 6.33. The number of carbonyl (C=O) groups excluding carboxylic acids is 1. The average molecular weight is 431 g/mol. The molecule has 2 atom stereocenters. The number of methoxy groups -OCH3 is 1. The highest BCUT2D eigenvalue weighted by Crippen LogP contribution is 2.44. The van der Waals surface area contributed by atoms with Crippen molar-refractivity contribution in [3.05, 3.63) is 100 Å². The number of fused-ring (bicyclic) bond motifs is 1. The molecule has 4 nitrogen and oxygen atoms in total. The van der Waals surface area contributed by atoms with Crippen molar-refractivity contribution in [3.63, 3.8) is 0 Å². The van der Waals surface area contributed by atoms with Crippen molar-refractivity contribution in [2.24, 2.45) is 0 Å². The lowest BCUT2D eigenvalue weighted by atomic mass is 9.78. The standard InChI is InChI=1S/C26H23ClN2O2/c1-31-20-12-8-17(9-13-20)26-25-23(28-21-4-2-3-5-22(21)29-26)14-18(15-24(25)30)16-6-10-19(27)11-7-16/h2-13,18,26,28-29H,14-15H2,1H3/t18-,26+/m0/s1. The zero-order valence-corrected chi connectivity index (χ0v) is 17.9. The number of hydrogen-bond acceptors (Lipinski definition) is 4. The van der Waals surface area contributed by atoms with Crippen molar-refractivity contribution < 1.29 is 9.53 Å². The molecule has 1 aliphatic heterocycles. The van der Waals surface area contributed by atoms with E-state index < -0.39 is 0 Å². The lowest BCUT2D eigenvalue weighted by Crippen LogP contribution is -2.26. The van der Waals surface area contributed by atoms with Gasteiger partial charge in [-0.05, 0) is 59.9 Å². The molecule has 0 saturated carbocycles. The molecular weight excluding hydrogens is 408 g/mol. The van der Waals surface area contributed by atoms with Gasteiger partial charge in [0.15, 0.2) is 5.78 Å². The van der Waals surface area contributed by atoms with Crippen LogP contribution in [0.5, 0.6) is 5.75 Å². The number of allylic oxidation sites excluding steroid dienone is 1. The van der Waals surface area contributed by atoms with E-state index in [1.165, 1.54) is 0 Å². The van der Waals surface area contributed by atoms with E-state index in [2.05, 4.69) is 10.6 Å². The van der Waals surface area contributed by atoms with Gasteiger partial charge in [-0.15, -0.1) is 0 Å². The molecule has 3 aromatic rings. The second-order valence-electron chi connectivity index (χ2n) is 7.99. The predicted molar refractivity (Wildman–Crippen MR) is 125 cm³/mol. The molecule has 1 heterocycles. The first-order valence-electron chi connectivity index (χ1n) is 10.4. The number of rotatable bonds is 3. The summed E-state index contributed by atoms with van der Waals surface area (Å²) < 4.78 is 5.32. The number of ketones is 1. The summed E-state index contributed by atoms with van der Waals surface area (Å²) in [5.74, 6) is 1.08. The Hall–Kier alpha value is -3.24. The highest BCUT2D eigenvalue weighted by Gasteiger charge is 2.36. The highest BCUT2D eigenvalue weighted by atomic mass is 35.5. The Morgan fingerprint density at radius 3 is 2.26 bits per heavy atom. The molecule has 2 N–H and O–H groups in total. The van der Waals surface area contributed by atoms with Gasteiger partial charge in [0.1, 0.15) is 5.75 Å². The summed E-state index contributed by atoms with van der Waals surface area (Å²) in [4.78, 5) is 13.5. The van der Waals surface area contributed by atoms with E-state index >= 15 is 0 Å². The van der Waals surface area contributed by atoms with E-state index in [9.17, 15) is 4.79 Å². The fraction of sp³-hybridized carbons (Fsp3) is 0.192. The number of hydrogen-bond donors (Lipinski definition) is 2. The van der Waals surface area contributed by atoms with Gasteiger partial charge in [0.2, 0.25) is 0 Å². The van der Waals surface area contributed by atoms with Crippen LogP contribution in [0.1, 0.15) is 35.9 Å². The Labute approximate surface area is 186 Å². The van der Waals surface area contributed by atoms with Gasteiger partial charge in [0.05, 0.1) is 24.5 Å². The second-order valence-corrected chi connectivity index (χ2v) is 8.43. The topological polar surface area (TPSA) is 50.4 Å². The Kier molecular flexibility index (Phi) is 5.16. The van der Waals surface area contributed by atoms with Gasteiger partial charge in [0, 0.05) is 22.7 Å². The first-order chi connectivity index (χ1) is 15.1. The lowest BCUT2D eigenvalue weighted by molar-refractivity contribution is -0.116. The quantitative estimate of drug-likeness (QED) is 0.509. The molecule has 0 fully saturated rings. The molecule has 156 valence electrons.